The number of β-amino-alcohol motifs (C(OH)–C–C–N with tert-alkyl or cyclic N) is 1. The van der Waals surface area contributed by atoms with Gasteiger partial charge in [0.1, 0.15) is 11.4 Å². The zero-order valence-corrected chi connectivity index (χ0v) is 14.9. The summed E-state index contributed by atoms with van der Waals surface area (Å²) < 4.78 is 7.46. The van der Waals surface area contributed by atoms with E-state index in [-0.39, 0.29) is 0 Å². The lowest BCUT2D eigenvalue weighted by Gasteiger charge is -2.24. The summed E-state index contributed by atoms with van der Waals surface area (Å²) in [7, 11) is 1.66. The van der Waals surface area contributed by atoms with Gasteiger partial charge in [0, 0.05) is 12.0 Å². The average molecular weight is 337 g/mol. The molecule has 0 amide bonds. The van der Waals surface area contributed by atoms with Gasteiger partial charge in [0.25, 0.3) is 11.6 Å². The lowest BCUT2D eigenvalue weighted by molar-refractivity contribution is -0.661. The third-order valence-electron chi connectivity index (χ3n) is 5.35. The fourth-order valence-electron chi connectivity index (χ4n) is 4.03. The van der Waals surface area contributed by atoms with Crippen LogP contribution in [0.1, 0.15) is 30.4 Å². The summed E-state index contributed by atoms with van der Waals surface area (Å²) >= 11 is 0. The van der Waals surface area contributed by atoms with Crippen molar-refractivity contribution in [3.8, 4) is 5.75 Å². The minimum absolute atomic E-state index is 0.554. The fraction of sp³-hybridized carbons (Fsp3) is 0.381. The van der Waals surface area contributed by atoms with Crippen LogP contribution in [0.15, 0.2) is 48.5 Å². The predicted octanol–water partition coefficient (Wildman–Crippen LogP) is 3.26. The van der Waals surface area contributed by atoms with Crippen LogP contribution in [0.2, 0.25) is 0 Å². The molecule has 2 aromatic rings. The molecule has 1 unspecified atom stereocenters. The lowest BCUT2D eigenvalue weighted by atomic mass is 10.0. The van der Waals surface area contributed by atoms with Gasteiger partial charge in [-0.15, -0.1) is 0 Å². The van der Waals surface area contributed by atoms with E-state index in [0.717, 1.165) is 36.4 Å². The number of aliphatic hydroxyl groups is 1. The van der Waals surface area contributed by atoms with Gasteiger partial charge in [0.15, 0.2) is 6.54 Å². The Balaban J connectivity index is 1.77. The van der Waals surface area contributed by atoms with Crippen molar-refractivity contribution in [3.63, 3.8) is 0 Å². The first kappa shape index (κ1) is 16.2. The van der Waals surface area contributed by atoms with Gasteiger partial charge in [-0.3, -0.25) is 0 Å². The van der Waals surface area contributed by atoms with Gasteiger partial charge in [-0.1, -0.05) is 12.1 Å². The third kappa shape index (κ3) is 2.71. The van der Waals surface area contributed by atoms with Crippen LogP contribution in [-0.4, -0.2) is 35.7 Å². The normalized spacial score (nSPS) is 22.9. The van der Waals surface area contributed by atoms with E-state index in [1.807, 2.05) is 24.3 Å². The number of benzene rings is 2. The molecule has 2 aromatic carbocycles. The van der Waals surface area contributed by atoms with Crippen LogP contribution in [0.3, 0.4) is 0 Å². The highest BCUT2D eigenvalue weighted by atomic mass is 16.5. The van der Waals surface area contributed by atoms with Gasteiger partial charge >= 0.3 is 0 Å². The summed E-state index contributed by atoms with van der Waals surface area (Å²) in [4.78, 5) is 2.29. The molecule has 0 bridgehead atoms. The number of methoxy groups -OCH3 is 1. The topological polar surface area (TPSA) is 35.7 Å². The van der Waals surface area contributed by atoms with E-state index in [9.17, 15) is 5.11 Å². The van der Waals surface area contributed by atoms with Crippen LogP contribution < -0.4 is 9.64 Å². The molecule has 0 radical (unpaired) electrons. The van der Waals surface area contributed by atoms with E-state index in [1.54, 1.807) is 7.11 Å². The summed E-state index contributed by atoms with van der Waals surface area (Å²) in [6.45, 7) is 3.55. The van der Waals surface area contributed by atoms with Gasteiger partial charge < -0.3 is 9.84 Å². The van der Waals surface area contributed by atoms with Crippen molar-refractivity contribution in [3.05, 3.63) is 59.7 Å². The van der Waals surface area contributed by atoms with Crippen LogP contribution in [0.5, 0.6) is 5.75 Å². The molecular formula is C21H25N2O2+. The SMILES string of the molecule is COc1ccc(C2(O)CN(c3cccc(C)c3)C3=[N+]2CCCC3)cc1. The van der Waals surface area contributed by atoms with Crippen molar-refractivity contribution in [2.45, 2.75) is 31.9 Å². The maximum Gasteiger partial charge on any atom is 0.271 e. The fourth-order valence-corrected chi connectivity index (χ4v) is 4.03. The number of amidine groups is 1. The molecule has 4 heteroatoms. The van der Waals surface area contributed by atoms with Gasteiger partial charge in [-0.2, -0.15) is 0 Å². The minimum atomic E-state index is -0.994. The molecule has 0 saturated carbocycles. The van der Waals surface area contributed by atoms with E-state index >= 15 is 0 Å². The van der Waals surface area contributed by atoms with E-state index < -0.39 is 5.72 Å². The van der Waals surface area contributed by atoms with E-state index in [2.05, 4.69) is 40.7 Å². The summed E-state index contributed by atoms with van der Waals surface area (Å²) in [5, 5.41) is 11.6. The highest BCUT2D eigenvalue weighted by molar-refractivity contribution is 5.96. The smallest absolute Gasteiger partial charge is 0.271 e. The Morgan fingerprint density at radius 1 is 1.12 bits per heavy atom. The Labute approximate surface area is 149 Å². The molecule has 0 spiro atoms. The van der Waals surface area contributed by atoms with Crippen LogP contribution in [0.25, 0.3) is 0 Å². The number of hydrogen-bond acceptors (Lipinski definition) is 3. The van der Waals surface area contributed by atoms with Crippen molar-refractivity contribution in [2.24, 2.45) is 0 Å². The molecular weight excluding hydrogens is 312 g/mol. The zero-order chi connectivity index (χ0) is 17.4. The van der Waals surface area contributed by atoms with Crippen molar-refractivity contribution < 1.29 is 14.4 Å². The van der Waals surface area contributed by atoms with E-state index in [0.29, 0.717) is 6.54 Å². The molecule has 1 atom stereocenters. The molecule has 4 nitrogen and oxygen atoms in total. The predicted molar refractivity (Wildman–Crippen MR) is 99.4 cm³/mol. The van der Waals surface area contributed by atoms with Gasteiger partial charge in [0.2, 0.25) is 0 Å². The van der Waals surface area contributed by atoms with Crippen molar-refractivity contribution in [1.29, 1.82) is 0 Å². The van der Waals surface area contributed by atoms with E-state index in [1.165, 1.54) is 17.8 Å². The zero-order valence-electron chi connectivity index (χ0n) is 14.9. The summed E-state index contributed by atoms with van der Waals surface area (Å²) in [6, 6.07) is 16.3. The quantitative estimate of drug-likeness (QED) is 0.873. The number of aryl methyl sites for hydroxylation is 1. The molecule has 0 saturated heterocycles. The average Bonchev–Trinajstić information content (AvgIpc) is 2.96. The lowest BCUT2D eigenvalue weighted by Crippen LogP contribution is -2.41. The maximum absolute atomic E-state index is 11.6. The molecule has 4 rings (SSSR count). The molecule has 2 aliphatic rings. The first-order chi connectivity index (χ1) is 12.1. The van der Waals surface area contributed by atoms with Gasteiger partial charge in [-0.05, 0) is 61.7 Å². The van der Waals surface area contributed by atoms with Gasteiger partial charge in [-0.25, -0.2) is 9.48 Å². The molecule has 0 fully saturated rings. The number of rotatable bonds is 3. The second kappa shape index (κ2) is 6.19. The molecule has 2 heterocycles. The van der Waals surface area contributed by atoms with Crippen molar-refractivity contribution in [2.75, 3.05) is 25.1 Å². The van der Waals surface area contributed by atoms with Gasteiger partial charge in [0.05, 0.1) is 13.7 Å². The molecule has 2 aliphatic heterocycles. The third-order valence-corrected chi connectivity index (χ3v) is 5.35. The van der Waals surface area contributed by atoms with Crippen molar-refractivity contribution >= 4 is 11.5 Å². The summed E-state index contributed by atoms with van der Waals surface area (Å²) in [5.74, 6) is 2.04. The molecule has 130 valence electrons. The first-order valence-electron chi connectivity index (χ1n) is 8.96. The minimum Gasteiger partial charge on any atom is -0.497 e. The highest BCUT2D eigenvalue weighted by Gasteiger charge is 2.52. The van der Waals surface area contributed by atoms with E-state index in [4.69, 9.17) is 4.74 Å². The Bertz CT molecular complexity index is 813. The van der Waals surface area contributed by atoms with Crippen LogP contribution >= 0.6 is 0 Å². The molecule has 0 aliphatic carbocycles. The monoisotopic (exact) mass is 337 g/mol. The number of hydrogen-bond donors (Lipinski definition) is 1. The standard InChI is InChI=1S/C21H25N2O2/c1-16-6-5-7-18(14-16)22-15-21(24,23-13-4-3-8-20(22)23)17-9-11-19(25-2)12-10-17/h5-7,9-12,14,24H,3-4,8,13,15H2,1-2H3/q+1. The largest absolute Gasteiger partial charge is 0.497 e. The number of nitrogens with zero attached hydrogens (tertiary/aromatic N) is 2. The van der Waals surface area contributed by atoms with Crippen LogP contribution in [0, 0.1) is 6.92 Å². The van der Waals surface area contributed by atoms with Crippen LogP contribution in [0.4, 0.5) is 5.69 Å². The summed E-state index contributed by atoms with van der Waals surface area (Å²) in [6.07, 6.45) is 3.29. The second-order valence-corrected chi connectivity index (χ2v) is 7.00. The number of ether oxygens (including phenoxy) is 1. The van der Waals surface area contributed by atoms with Crippen LogP contribution in [-0.2, 0) is 5.72 Å². The summed E-state index contributed by atoms with van der Waals surface area (Å²) in [5.41, 5.74) is 2.32. The second-order valence-electron chi connectivity index (χ2n) is 7.00. The Morgan fingerprint density at radius 3 is 2.64 bits per heavy atom. The molecule has 1 N–H and O–H groups in total. The van der Waals surface area contributed by atoms with Crippen molar-refractivity contribution in [1.82, 2.24) is 0 Å². The molecule has 0 aromatic heterocycles. The highest BCUT2D eigenvalue weighted by Crippen LogP contribution is 2.36. The first-order valence-corrected chi connectivity index (χ1v) is 8.96. The Hall–Kier alpha value is -2.33. The number of anilines is 1. The maximum atomic E-state index is 11.6. The molecule has 25 heavy (non-hydrogen) atoms. The Morgan fingerprint density at radius 2 is 1.92 bits per heavy atom. The Kier molecular flexibility index (Phi) is 4.00.